The number of alkyl halides is 3. The van der Waals surface area contributed by atoms with Gasteiger partial charge in [0, 0.05) is 31.4 Å². The second-order valence-electron chi connectivity index (χ2n) is 12.8. The molecular weight excluding hydrogens is 685 g/mol. The van der Waals surface area contributed by atoms with Gasteiger partial charge in [0.15, 0.2) is 22.9 Å². The van der Waals surface area contributed by atoms with Gasteiger partial charge in [-0.25, -0.2) is 4.98 Å². The normalized spacial score (nSPS) is 16.8. The number of nitrogens with zero attached hydrogens (tertiary/aromatic N) is 7. The van der Waals surface area contributed by atoms with E-state index in [9.17, 15) is 32.7 Å². The Bertz CT molecular complexity index is 2310. The molecule has 14 nitrogen and oxygen atoms in total. The van der Waals surface area contributed by atoms with E-state index in [4.69, 9.17) is 14.1 Å². The maximum absolute atomic E-state index is 14.3. The highest BCUT2D eigenvalue weighted by atomic mass is 19.4. The van der Waals surface area contributed by atoms with Crippen molar-refractivity contribution in [3.8, 4) is 5.75 Å². The average molecular weight is 721 g/mol. The third-order valence-electron chi connectivity index (χ3n) is 9.43. The third kappa shape index (κ3) is 6.24. The molecule has 2 amide bonds. The fourth-order valence-electron chi connectivity index (χ4n) is 6.79. The zero-order chi connectivity index (χ0) is 36.9. The average Bonchev–Trinajstić information content (AvgIpc) is 3.79. The van der Waals surface area contributed by atoms with Gasteiger partial charge >= 0.3 is 6.18 Å². The summed E-state index contributed by atoms with van der Waals surface area (Å²) >= 11 is 0. The van der Waals surface area contributed by atoms with E-state index in [0.29, 0.717) is 48.5 Å². The lowest BCUT2D eigenvalue weighted by Gasteiger charge is -2.41. The summed E-state index contributed by atoms with van der Waals surface area (Å²) in [5, 5.41) is 18.4. The zero-order valence-electron chi connectivity index (χ0n) is 28.5. The zero-order valence-corrected chi connectivity index (χ0v) is 28.5. The van der Waals surface area contributed by atoms with Crippen LogP contribution in [0.5, 0.6) is 5.75 Å². The molecule has 2 aliphatic heterocycles. The molecule has 1 aromatic carbocycles. The molecule has 0 bridgehead atoms. The van der Waals surface area contributed by atoms with Crippen LogP contribution >= 0.6 is 0 Å². The number of halogens is 3. The molecule has 6 heterocycles. The lowest BCUT2D eigenvalue weighted by molar-refractivity contribution is -0.137. The van der Waals surface area contributed by atoms with Crippen LogP contribution in [0.2, 0.25) is 0 Å². The molecule has 0 spiro atoms. The molecular formula is C35H35F3N8O6. The van der Waals surface area contributed by atoms with Crippen molar-refractivity contribution >= 4 is 45.5 Å². The minimum atomic E-state index is -4.53. The van der Waals surface area contributed by atoms with Crippen molar-refractivity contribution in [1.29, 1.82) is 0 Å². The standard InChI is InChI=1S/C35H35F3N8O6/c1-4-25-29(43-10-11-44(20(3)17-43)32(49)28-30(48)23-9-14-52-26(23)16-39-28)33(50)46-34(41-31(42-46)21-7-12-51-13-8-21)45(25)18-27(47)40-24-6-5-22(15-19(24)2)35(36,37)38/h5-7,9,14-16,20,48H,4,8,10-13,17-18H2,1-3H3,(H,40,47)/t20-/m1/s1. The van der Waals surface area contributed by atoms with Crippen molar-refractivity contribution in [3.05, 3.63) is 81.5 Å². The quantitative estimate of drug-likeness (QED) is 0.246. The first-order chi connectivity index (χ1) is 24.8. The molecule has 4 aromatic heterocycles. The van der Waals surface area contributed by atoms with Gasteiger partial charge in [-0.05, 0) is 62.1 Å². The summed E-state index contributed by atoms with van der Waals surface area (Å²) in [7, 11) is 0. The van der Waals surface area contributed by atoms with Gasteiger partial charge in [-0.2, -0.15) is 22.7 Å². The lowest BCUT2D eigenvalue weighted by Crippen LogP contribution is -2.55. The van der Waals surface area contributed by atoms with Crippen LogP contribution in [0.4, 0.5) is 24.5 Å². The molecule has 0 unspecified atom stereocenters. The number of aromatic nitrogens is 5. The van der Waals surface area contributed by atoms with E-state index in [1.165, 1.54) is 30.0 Å². The molecule has 1 fully saturated rings. The number of ether oxygens (including phenoxy) is 1. The van der Waals surface area contributed by atoms with Crippen molar-refractivity contribution in [2.75, 3.05) is 43.1 Å². The molecule has 272 valence electrons. The first kappa shape index (κ1) is 34.7. The number of aryl methyl sites for hydroxylation is 1. The molecule has 0 saturated carbocycles. The van der Waals surface area contributed by atoms with Crippen LogP contribution in [0.3, 0.4) is 0 Å². The van der Waals surface area contributed by atoms with Crippen molar-refractivity contribution in [3.63, 3.8) is 0 Å². The highest BCUT2D eigenvalue weighted by molar-refractivity contribution is 6.00. The number of carbonyl (C=O) groups is 2. The van der Waals surface area contributed by atoms with Crippen LogP contribution in [0.15, 0.2) is 52.0 Å². The van der Waals surface area contributed by atoms with Crippen LogP contribution in [0.1, 0.15) is 53.4 Å². The van der Waals surface area contributed by atoms with Crippen LogP contribution in [-0.2, 0) is 28.7 Å². The lowest BCUT2D eigenvalue weighted by atomic mass is 10.1. The third-order valence-corrected chi connectivity index (χ3v) is 9.43. The number of amides is 2. The summed E-state index contributed by atoms with van der Waals surface area (Å²) in [6.07, 6.45) is 0.917. The maximum Gasteiger partial charge on any atom is 0.416 e. The molecule has 7 rings (SSSR count). The Labute approximate surface area is 294 Å². The number of hydrogen-bond acceptors (Lipinski definition) is 10. The predicted molar refractivity (Wildman–Crippen MR) is 183 cm³/mol. The van der Waals surface area contributed by atoms with Crippen LogP contribution in [-0.4, -0.2) is 84.9 Å². The molecule has 1 saturated heterocycles. The molecule has 1 atom stereocenters. The van der Waals surface area contributed by atoms with E-state index >= 15 is 0 Å². The molecule has 2 N–H and O–H groups in total. The number of pyridine rings is 1. The van der Waals surface area contributed by atoms with Gasteiger partial charge < -0.3 is 33.9 Å². The number of benzene rings is 1. The smallest absolute Gasteiger partial charge is 0.416 e. The van der Waals surface area contributed by atoms with E-state index in [-0.39, 0.29) is 60.3 Å². The summed E-state index contributed by atoms with van der Waals surface area (Å²) in [5.41, 5.74) is 0.961. The van der Waals surface area contributed by atoms with Gasteiger partial charge in [-0.1, -0.05) is 13.0 Å². The molecule has 0 radical (unpaired) electrons. The van der Waals surface area contributed by atoms with Crippen molar-refractivity contribution < 1.29 is 37.0 Å². The second kappa shape index (κ2) is 13.4. The van der Waals surface area contributed by atoms with Gasteiger partial charge in [-0.3, -0.25) is 14.4 Å². The molecule has 5 aromatic rings. The number of fused-ring (bicyclic) bond motifs is 2. The first-order valence-corrected chi connectivity index (χ1v) is 16.7. The predicted octanol–water partition coefficient (Wildman–Crippen LogP) is 4.42. The Morgan fingerprint density at radius 2 is 1.98 bits per heavy atom. The number of furan rings is 1. The number of anilines is 2. The Balaban J connectivity index is 1.23. The van der Waals surface area contributed by atoms with Crippen LogP contribution < -0.4 is 15.8 Å². The maximum atomic E-state index is 14.3. The summed E-state index contributed by atoms with van der Waals surface area (Å²) in [4.78, 5) is 53.8. The fourth-order valence-corrected chi connectivity index (χ4v) is 6.79. The monoisotopic (exact) mass is 720 g/mol. The van der Waals surface area contributed by atoms with E-state index < -0.39 is 35.2 Å². The Hall–Kier alpha value is -5.71. The number of rotatable bonds is 7. The van der Waals surface area contributed by atoms with Crippen molar-refractivity contribution in [2.45, 2.75) is 52.4 Å². The fraction of sp³-hybridized carbons (Fsp3) is 0.371. The summed E-state index contributed by atoms with van der Waals surface area (Å²) in [5.74, 6) is -0.853. The molecule has 52 heavy (non-hydrogen) atoms. The number of aromatic hydroxyl groups is 1. The summed E-state index contributed by atoms with van der Waals surface area (Å²) in [6, 6.07) is 4.20. The second-order valence-corrected chi connectivity index (χ2v) is 12.8. The topological polar surface area (TPSA) is 160 Å². The molecule has 0 aliphatic carbocycles. The molecule has 17 heteroatoms. The Morgan fingerprint density at radius 1 is 1.17 bits per heavy atom. The minimum absolute atomic E-state index is 0.112. The number of hydrogen-bond donors (Lipinski definition) is 2. The number of piperazine rings is 1. The largest absolute Gasteiger partial charge is 0.505 e. The minimum Gasteiger partial charge on any atom is -0.505 e. The van der Waals surface area contributed by atoms with E-state index in [1.807, 2.05) is 24.8 Å². The number of nitrogens with one attached hydrogen (secondary N) is 1. The van der Waals surface area contributed by atoms with E-state index in [1.54, 1.807) is 15.5 Å². The highest BCUT2D eigenvalue weighted by Gasteiger charge is 2.35. The summed E-state index contributed by atoms with van der Waals surface area (Å²) < 4.78 is 53.3. The van der Waals surface area contributed by atoms with Gasteiger partial charge in [0.25, 0.3) is 11.5 Å². The van der Waals surface area contributed by atoms with E-state index in [0.717, 1.165) is 17.7 Å². The van der Waals surface area contributed by atoms with Gasteiger partial charge in [0.2, 0.25) is 11.7 Å². The van der Waals surface area contributed by atoms with Gasteiger partial charge in [0.05, 0.1) is 42.3 Å². The Morgan fingerprint density at radius 3 is 2.67 bits per heavy atom. The van der Waals surface area contributed by atoms with E-state index in [2.05, 4.69) is 15.4 Å². The van der Waals surface area contributed by atoms with Crippen molar-refractivity contribution in [1.82, 2.24) is 29.0 Å². The van der Waals surface area contributed by atoms with Crippen molar-refractivity contribution in [2.24, 2.45) is 0 Å². The van der Waals surface area contributed by atoms with Gasteiger partial charge in [0.1, 0.15) is 12.2 Å². The Kier molecular flexibility index (Phi) is 8.98. The summed E-state index contributed by atoms with van der Waals surface area (Å²) in [6.45, 7) is 6.29. The SMILES string of the molecule is CCc1c(N2CCN(C(=O)c3ncc4occc4c3O)[C@H](C)C2)c(=O)n2nc(C3=CCOCC3)nc2n1CC(=O)Nc1ccc(C(F)(F)F)cc1C. The number of carbonyl (C=O) groups excluding carboxylic acids is 2. The van der Waals surface area contributed by atoms with Crippen LogP contribution in [0.25, 0.3) is 22.3 Å². The van der Waals surface area contributed by atoms with Crippen LogP contribution in [0, 0.1) is 6.92 Å². The first-order valence-electron chi connectivity index (χ1n) is 16.7. The van der Waals surface area contributed by atoms with Gasteiger partial charge in [-0.15, -0.1) is 5.10 Å². The highest BCUT2D eigenvalue weighted by Crippen LogP contribution is 2.33. The molecule has 2 aliphatic rings.